The Labute approximate surface area is 116 Å². The lowest BCUT2D eigenvalue weighted by atomic mass is 9.92. The van der Waals surface area contributed by atoms with Crippen molar-refractivity contribution in [2.24, 2.45) is 11.8 Å². The summed E-state index contributed by atoms with van der Waals surface area (Å²) in [6.45, 7) is 1.27. The summed E-state index contributed by atoms with van der Waals surface area (Å²) in [5.74, 6) is 1.85. The molecule has 0 radical (unpaired) electrons. The zero-order valence-electron chi connectivity index (χ0n) is 10.1. The fraction of sp³-hybridized carbons (Fsp3) is 0.714. The summed E-state index contributed by atoms with van der Waals surface area (Å²) in [5, 5.41) is 3.71. The van der Waals surface area contributed by atoms with Gasteiger partial charge in [-0.3, -0.25) is 0 Å². The van der Waals surface area contributed by atoms with E-state index in [0.29, 0.717) is 0 Å². The van der Waals surface area contributed by atoms with Gasteiger partial charge in [0.15, 0.2) is 0 Å². The highest BCUT2D eigenvalue weighted by atomic mass is 79.9. The van der Waals surface area contributed by atoms with Gasteiger partial charge in [-0.05, 0) is 78.5 Å². The molecular weight excluding hydrogens is 294 g/mol. The zero-order chi connectivity index (χ0) is 11.7. The van der Waals surface area contributed by atoms with E-state index in [1.165, 1.54) is 48.9 Å². The van der Waals surface area contributed by atoms with Gasteiger partial charge in [-0.15, -0.1) is 11.3 Å². The topological polar surface area (TPSA) is 12.0 Å². The molecule has 2 unspecified atom stereocenters. The van der Waals surface area contributed by atoms with Crippen molar-refractivity contribution in [2.75, 3.05) is 6.54 Å². The Bertz CT molecular complexity index is 372. The molecule has 2 aliphatic rings. The van der Waals surface area contributed by atoms with E-state index in [-0.39, 0.29) is 0 Å². The van der Waals surface area contributed by atoms with E-state index in [0.717, 1.165) is 17.9 Å². The van der Waals surface area contributed by atoms with Crippen molar-refractivity contribution >= 4 is 27.3 Å². The van der Waals surface area contributed by atoms with Crippen LogP contribution in [0, 0.1) is 11.8 Å². The molecule has 0 aliphatic heterocycles. The Morgan fingerprint density at radius 3 is 2.71 bits per heavy atom. The number of thiophene rings is 1. The molecule has 1 aromatic rings. The van der Waals surface area contributed by atoms with Crippen molar-refractivity contribution in [3.63, 3.8) is 0 Å². The molecule has 2 atom stereocenters. The second kappa shape index (κ2) is 5.41. The first-order chi connectivity index (χ1) is 8.31. The van der Waals surface area contributed by atoms with E-state index in [9.17, 15) is 0 Å². The predicted molar refractivity (Wildman–Crippen MR) is 77.6 cm³/mol. The molecule has 3 heteroatoms. The first kappa shape index (κ1) is 12.2. The fourth-order valence-corrected chi connectivity index (χ4v) is 4.55. The van der Waals surface area contributed by atoms with E-state index in [1.54, 1.807) is 4.88 Å². The van der Waals surface area contributed by atoms with Crippen LogP contribution in [0.3, 0.4) is 0 Å². The number of hydrogen-bond acceptors (Lipinski definition) is 2. The molecule has 0 spiro atoms. The van der Waals surface area contributed by atoms with E-state index in [4.69, 9.17) is 0 Å². The lowest BCUT2D eigenvalue weighted by Gasteiger charge is -2.19. The van der Waals surface area contributed by atoms with E-state index >= 15 is 0 Å². The van der Waals surface area contributed by atoms with Crippen LogP contribution in [0.1, 0.15) is 37.0 Å². The molecule has 0 bridgehead atoms. The Morgan fingerprint density at radius 2 is 2.00 bits per heavy atom. The van der Waals surface area contributed by atoms with Gasteiger partial charge >= 0.3 is 0 Å². The third kappa shape index (κ3) is 3.33. The van der Waals surface area contributed by atoms with Crippen molar-refractivity contribution in [3.05, 3.63) is 20.8 Å². The maximum Gasteiger partial charge on any atom is 0.0701 e. The van der Waals surface area contributed by atoms with Gasteiger partial charge in [0.25, 0.3) is 0 Å². The fourth-order valence-electron chi connectivity index (χ4n) is 2.98. The summed E-state index contributed by atoms with van der Waals surface area (Å²) in [4.78, 5) is 1.56. The molecule has 1 aromatic heterocycles. The zero-order valence-corrected chi connectivity index (χ0v) is 12.5. The smallest absolute Gasteiger partial charge is 0.0701 e. The quantitative estimate of drug-likeness (QED) is 0.858. The third-order valence-electron chi connectivity index (χ3n) is 4.15. The van der Waals surface area contributed by atoms with Crippen LogP contribution in [0.4, 0.5) is 0 Å². The maximum atomic E-state index is 3.71. The number of rotatable bonds is 5. The molecule has 1 nitrogen and oxygen atoms in total. The minimum Gasteiger partial charge on any atom is -0.314 e. The minimum absolute atomic E-state index is 0.868. The highest BCUT2D eigenvalue weighted by Gasteiger charge is 2.29. The molecule has 0 aromatic carbocycles. The van der Waals surface area contributed by atoms with Crippen LogP contribution in [-0.2, 0) is 6.42 Å². The summed E-state index contributed by atoms with van der Waals surface area (Å²) in [5.41, 5.74) is 0. The van der Waals surface area contributed by atoms with Crippen molar-refractivity contribution in [1.29, 1.82) is 0 Å². The predicted octanol–water partition coefficient (Wildman–Crippen LogP) is 4.22. The molecule has 3 rings (SSSR count). The average Bonchev–Trinajstić information content (AvgIpc) is 2.90. The van der Waals surface area contributed by atoms with Crippen molar-refractivity contribution in [1.82, 2.24) is 5.32 Å². The molecule has 1 heterocycles. The third-order valence-corrected chi connectivity index (χ3v) is 5.80. The molecule has 2 aliphatic carbocycles. The number of hydrogen-bond donors (Lipinski definition) is 1. The maximum absolute atomic E-state index is 3.71. The standard InChI is InChI=1S/C14H20BrNS/c15-14-7-6-13(17-14)8-10-2-1-3-11(10)9-16-12-4-5-12/h6-7,10-12,16H,1-5,8-9H2. The number of nitrogens with one attached hydrogen (secondary N) is 1. The summed E-state index contributed by atoms with van der Waals surface area (Å²) in [6.07, 6.45) is 8.44. The summed E-state index contributed by atoms with van der Waals surface area (Å²) >= 11 is 5.47. The van der Waals surface area contributed by atoms with Crippen molar-refractivity contribution < 1.29 is 0 Å². The van der Waals surface area contributed by atoms with Crippen LogP contribution in [-0.4, -0.2) is 12.6 Å². The SMILES string of the molecule is Brc1ccc(CC2CCCC2CNC2CC2)s1. The van der Waals surface area contributed by atoms with E-state index < -0.39 is 0 Å². The lowest BCUT2D eigenvalue weighted by Crippen LogP contribution is -2.27. The van der Waals surface area contributed by atoms with Gasteiger partial charge in [-0.25, -0.2) is 0 Å². The first-order valence-electron chi connectivity index (χ1n) is 6.79. The molecule has 94 valence electrons. The van der Waals surface area contributed by atoms with Gasteiger partial charge in [0.05, 0.1) is 3.79 Å². The van der Waals surface area contributed by atoms with Gasteiger partial charge in [0, 0.05) is 10.9 Å². The van der Waals surface area contributed by atoms with E-state index in [1.807, 2.05) is 11.3 Å². The molecule has 2 saturated carbocycles. The average molecular weight is 314 g/mol. The Morgan fingerprint density at radius 1 is 1.18 bits per heavy atom. The molecule has 2 fully saturated rings. The Hall–Kier alpha value is 0.140. The second-order valence-corrected chi connectivity index (χ2v) is 8.09. The molecule has 0 saturated heterocycles. The van der Waals surface area contributed by atoms with Crippen LogP contribution < -0.4 is 5.32 Å². The largest absolute Gasteiger partial charge is 0.314 e. The van der Waals surface area contributed by atoms with E-state index in [2.05, 4.69) is 33.4 Å². The van der Waals surface area contributed by atoms with Crippen LogP contribution in [0.5, 0.6) is 0 Å². The summed E-state index contributed by atoms with van der Waals surface area (Å²) in [6, 6.07) is 5.34. The Balaban J connectivity index is 1.53. The minimum atomic E-state index is 0.868. The number of halogens is 1. The lowest BCUT2D eigenvalue weighted by molar-refractivity contribution is 0.365. The van der Waals surface area contributed by atoms with Crippen molar-refractivity contribution in [2.45, 2.75) is 44.6 Å². The monoisotopic (exact) mass is 313 g/mol. The normalized spacial score (nSPS) is 28.8. The first-order valence-corrected chi connectivity index (χ1v) is 8.40. The molecule has 0 amide bonds. The van der Waals surface area contributed by atoms with Crippen LogP contribution in [0.15, 0.2) is 15.9 Å². The Kier molecular flexibility index (Phi) is 3.88. The highest BCUT2D eigenvalue weighted by molar-refractivity contribution is 9.11. The van der Waals surface area contributed by atoms with Crippen LogP contribution >= 0.6 is 27.3 Å². The summed E-state index contributed by atoms with van der Waals surface area (Å²) < 4.78 is 1.28. The summed E-state index contributed by atoms with van der Waals surface area (Å²) in [7, 11) is 0. The van der Waals surface area contributed by atoms with Crippen molar-refractivity contribution in [3.8, 4) is 0 Å². The van der Waals surface area contributed by atoms with Gasteiger partial charge < -0.3 is 5.32 Å². The second-order valence-electron chi connectivity index (χ2n) is 5.54. The van der Waals surface area contributed by atoms with Gasteiger partial charge in [0.1, 0.15) is 0 Å². The molecular formula is C14H20BrNS. The van der Waals surface area contributed by atoms with Gasteiger partial charge in [0.2, 0.25) is 0 Å². The van der Waals surface area contributed by atoms with Crippen LogP contribution in [0.25, 0.3) is 0 Å². The highest BCUT2D eigenvalue weighted by Crippen LogP contribution is 2.36. The van der Waals surface area contributed by atoms with Gasteiger partial charge in [-0.2, -0.15) is 0 Å². The molecule has 1 N–H and O–H groups in total. The van der Waals surface area contributed by atoms with Gasteiger partial charge in [-0.1, -0.05) is 6.42 Å². The molecule has 17 heavy (non-hydrogen) atoms. The van der Waals surface area contributed by atoms with Crippen LogP contribution in [0.2, 0.25) is 0 Å².